The van der Waals surface area contributed by atoms with Crippen LogP contribution in [-0.4, -0.2) is 62.6 Å². The van der Waals surface area contributed by atoms with Crippen molar-refractivity contribution in [2.24, 2.45) is 0 Å². The molecule has 1 heterocycles. The number of ether oxygens (including phenoxy) is 1. The van der Waals surface area contributed by atoms with Crippen LogP contribution in [0.5, 0.6) is 5.75 Å². The van der Waals surface area contributed by atoms with Crippen molar-refractivity contribution in [1.82, 2.24) is 9.21 Å². The lowest BCUT2D eigenvalue weighted by molar-refractivity contribution is -0.146. The second-order valence-electron chi connectivity index (χ2n) is 8.27. The minimum Gasteiger partial charge on any atom is -0.478 e. The first-order chi connectivity index (χ1) is 15.5. The SMILES string of the molecule is CC(C)(Oc1ccc(F)cc1)C(=O)N1CCC(N(C[SH](=O)=O)S(=O)(=O)c2ccccc2)CC1. The maximum absolute atomic E-state index is 13.1. The van der Waals surface area contributed by atoms with Crippen molar-refractivity contribution in [3.8, 4) is 5.75 Å². The molecule has 1 aliphatic rings. The second kappa shape index (κ2) is 10.2. The number of amides is 1. The van der Waals surface area contributed by atoms with Crippen LogP contribution in [0.2, 0.25) is 0 Å². The number of benzene rings is 2. The number of halogens is 1. The molecule has 0 unspecified atom stereocenters. The van der Waals surface area contributed by atoms with Crippen LogP contribution in [0.25, 0.3) is 0 Å². The van der Waals surface area contributed by atoms with Gasteiger partial charge in [0.1, 0.15) is 17.4 Å². The molecule has 1 saturated heterocycles. The Kier molecular flexibility index (Phi) is 7.76. The maximum Gasteiger partial charge on any atom is 0.266 e. The topological polar surface area (TPSA) is 101 Å². The minimum absolute atomic E-state index is 0.0224. The lowest BCUT2D eigenvalue weighted by Crippen LogP contribution is -2.54. The maximum atomic E-state index is 13.1. The zero-order chi connectivity index (χ0) is 24.2. The number of thiol groups is 1. The molecule has 0 aromatic heterocycles. The highest BCUT2D eigenvalue weighted by Crippen LogP contribution is 2.27. The van der Waals surface area contributed by atoms with Gasteiger partial charge >= 0.3 is 0 Å². The summed E-state index contributed by atoms with van der Waals surface area (Å²) < 4.78 is 69.0. The normalized spacial score (nSPS) is 15.7. The summed E-state index contributed by atoms with van der Waals surface area (Å²) in [5.41, 5.74) is -1.22. The van der Waals surface area contributed by atoms with Crippen molar-refractivity contribution >= 4 is 26.6 Å². The first-order valence-electron chi connectivity index (χ1n) is 10.4. The minimum atomic E-state index is -4.02. The third kappa shape index (κ3) is 6.10. The van der Waals surface area contributed by atoms with Crippen LogP contribution < -0.4 is 4.74 Å². The van der Waals surface area contributed by atoms with Gasteiger partial charge in [-0.3, -0.25) is 4.79 Å². The van der Waals surface area contributed by atoms with Gasteiger partial charge in [-0.05, 0) is 63.1 Å². The molecule has 2 aromatic rings. The van der Waals surface area contributed by atoms with Gasteiger partial charge < -0.3 is 9.64 Å². The summed E-state index contributed by atoms with van der Waals surface area (Å²) in [5.74, 6) is -0.977. The summed E-state index contributed by atoms with van der Waals surface area (Å²) in [6, 6.07) is 12.5. The molecule has 33 heavy (non-hydrogen) atoms. The van der Waals surface area contributed by atoms with Crippen molar-refractivity contribution in [1.29, 1.82) is 0 Å². The number of carbonyl (C=O) groups excluding carboxylic acids is 1. The summed E-state index contributed by atoms with van der Waals surface area (Å²) in [4.78, 5) is 14.7. The summed E-state index contributed by atoms with van der Waals surface area (Å²) >= 11 is 0. The molecular weight excluding hydrogens is 471 g/mol. The van der Waals surface area contributed by atoms with E-state index in [1.165, 1.54) is 36.4 Å². The van der Waals surface area contributed by atoms with Crippen molar-refractivity contribution in [3.63, 3.8) is 0 Å². The van der Waals surface area contributed by atoms with E-state index < -0.39 is 44.1 Å². The van der Waals surface area contributed by atoms with E-state index in [0.717, 1.165) is 4.31 Å². The standard InChI is InChI=1S/C22H27FN2O6S2/c1-22(2,31-19-10-8-17(23)9-11-19)21(26)24-14-12-18(13-15-24)25(16-32(27)28)33(29,30)20-6-4-3-5-7-20/h3-11,18,32H,12-16H2,1-2H3. The zero-order valence-electron chi connectivity index (χ0n) is 18.4. The predicted molar refractivity (Wildman–Crippen MR) is 121 cm³/mol. The molecule has 3 rings (SSSR count). The highest BCUT2D eigenvalue weighted by Gasteiger charge is 2.39. The zero-order valence-corrected chi connectivity index (χ0v) is 20.1. The molecule has 0 N–H and O–H groups in total. The predicted octanol–water partition coefficient (Wildman–Crippen LogP) is 2.23. The van der Waals surface area contributed by atoms with Gasteiger partial charge in [-0.2, -0.15) is 4.31 Å². The number of hydrogen-bond acceptors (Lipinski definition) is 6. The highest BCUT2D eigenvalue weighted by molar-refractivity contribution is 7.89. The fourth-order valence-corrected chi connectivity index (χ4v) is 6.53. The summed E-state index contributed by atoms with van der Waals surface area (Å²) in [7, 11) is -6.99. The van der Waals surface area contributed by atoms with Crippen molar-refractivity contribution in [2.45, 2.75) is 43.2 Å². The van der Waals surface area contributed by atoms with E-state index in [-0.39, 0.29) is 36.7 Å². The molecule has 8 nitrogen and oxygen atoms in total. The van der Waals surface area contributed by atoms with Crippen molar-refractivity contribution in [3.05, 3.63) is 60.4 Å². The Morgan fingerprint density at radius 2 is 1.67 bits per heavy atom. The number of hydrogen-bond donors (Lipinski definition) is 1. The Labute approximate surface area is 195 Å². The van der Waals surface area contributed by atoms with Crippen LogP contribution in [-0.2, 0) is 25.5 Å². The summed E-state index contributed by atoms with van der Waals surface area (Å²) in [5, 5.41) is 0. The van der Waals surface area contributed by atoms with Crippen molar-refractivity contribution in [2.75, 3.05) is 19.0 Å². The number of sulfonamides is 1. The van der Waals surface area contributed by atoms with Crippen LogP contribution in [0.15, 0.2) is 59.5 Å². The van der Waals surface area contributed by atoms with Gasteiger partial charge in [0.15, 0.2) is 16.3 Å². The number of nitrogens with zero attached hydrogens (tertiary/aromatic N) is 2. The molecule has 11 heteroatoms. The number of piperidine rings is 1. The van der Waals surface area contributed by atoms with Gasteiger partial charge in [0.05, 0.1) is 4.90 Å². The Balaban J connectivity index is 1.70. The van der Waals surface area contributed by atoms with E-state index in [1.807, 2.05) is 0 Å². The number of carbonyl (C=O) groups is 1. The van der Waals surface area contributed by atoms with Gasteiger partial charge in [-0.15, -0.1) is 0 Å². The molecule has 2 aromatic carbocycles. The Bertz CT molecular complexity index is 1140. The van der Waals surface area contributed by atoms with Crippen LogP contribution in [0, 0.1) is 5.82 Å². The fourth-order valence-electron chi connectivity index (χ4n) is 3.81. The average molecular weight is 499 g/mol. The molecule has 1 fully saturated rings. The molecule has 0 spiro atoms. The van der Waals surface area contributed by atoms with E-state index in [2.05, 4.69) is 0 Å². The first-order valence-corrected chi connectivity index (χ1v) is 13.2. The largest absolute Gasteiger partial charge is 0.478 e. The lowest BCUT2D eigenvalue weighted by atomic mass is 10.0. The second-order valence-corrected chi connectivity index (χ2v) is 11.1. The van der Waals surface area contributed by atoms with Gasteiger partial charge in [-0.25, -0.2) is 21.2 Å². The Morgan fingerprint density at radius 1 is 1.09 bits per heavy atom. The molecule has 1 aliphatic heterocycles. The van der Waals surface area contributed by atoms with E-state index in [1.54, 1.807) is 36.9 Å². The van der Waals surface area contributed by atoms with Crippen LogP contribution in [0.3, 0.4) is 0 Å². The van der Waals surface area contributed by atoms with Gasteiger partial charge in [0, 0.05) is 19.1 Å². The van der Waals surface area contributed by atoms with Crippen LogP contribution >= 0.6 is 0 Å². The van der Waals surface area contributed by atoms with E-state index in [4.69, 9.17) is 4.74 Å². The smallest absolute Gasteiger partial charge is 0.266 e. The van der Waals surface area contributed by atoms with Crippen LogP contribution in [0.1, 0.15) is 26.7 Å². The Morgan fingerprint density at radius 3 is 2.21 bits per heavy atom. The fraction of sp³-hybridized carbons (Fsp3) is 0.409. The average Bonchev–Trinajstić information content (AvgIpc) is 2.79. The van der Waals surface area contributed by atoms with E-state index >= 15 is 0 Å². The first kappa shape index (κ1) is 25.1. The van der Waals surface area contributed by atoms with Crippen molar-refractivity contribution < 1.29 is 30.8 Å². The monoisotopic (exact) mass is 498 g/mol. The molecule has 0 atom stereocenters. The molecule has 0 aliphatic carbocycles. The number of likely N-dealkylation sites (tertiary alicyclic amines) is 1. The van der Waals surface area contributed by atoms with Gasteiger partial charge in [-0.1, -0.05) is 18.2 Å². The molecule has 0 bridgehead atoms. The molecule has 180 valence electrons. The van der Waals surface area contributed by atoms with Gasteiger partial charge in [0.2, 0.25) is 10.0 Å². The Hall–Kier alpha value is -2.50. The molecular formula is C22H27FN2O6S2. The molecule has 0 saturated carbocycles. The molecule has 0 radical (unpaired) electrons. The number of rotatable bonds is 8. The van der Waals surface area contributed by atoms with Crippen LogP contribution in [0.4, 0.5) is 4.39 Å². The van der Waals surface area contributed by atoms with E-state index in [0.29, 0.717) is 5.75 Å². The third-order valence-corrected chi connectivity index (χ3v) is 8.10. The van der Waals surface area contributed by atoms with Gasteiger partial charge in [0.25, 0.3) is 5.91 Å². The lowest BCUT2D eigenvalue weighted by Gasteiger charge is -2.39. The highest BCUT2D eigenvalue weighted by atomic mass is 32.2. The quantitative estimate of drug-likeness (QED) is 0.561. The summed E-state index contributed by atoms with van der Waals surface area (Å²) in [6.07, 6.45) is 0.571. The summed E-state index contributed by atoms with van der Waals surface area (Å²) in [6.45, 7) is 3.71. The van der Waals surface area contributed by atoms with E-state index in [9.17, 15) is 26.0 Å². The third-order valence-electron chi connectivity index (χ3n) is 5.47. The molecule has 1 amide bonds.